The maximum atomic E-state index is 13.8. The molecule has 1 amide bonds. The number of halogens is 1. The molecule has 0 saturated carbocycles. The van der Waals surface area contributed by atoms with Crippen LogP contribution in [0.2, 0.25) is 0 Å². The smallest absolute Gasteiger partial charge is 0.223 e. The quantitative estimate of drug-likeness (QED) is 0.798. The van der Waals surface area contributed by atoms with Crippen LogP contribution in [0.25, 0.3) is 0 Å². The fourth-order valence-electron chi connectivity index (χ4n) is 3.44. The molecule has 1 aromatic heterocycles. The van der Waals surface area contributed by atoms with Gasteiger partial charge in [-0.25, -0.2) is 4.39 Å². The van der Waals surface area contributed by atoms with Crippen molar-refractivity contribution >= 4 is 5.91 Å². The number of carbonyl (C=O) groups excluding carboxylic acids is 1. The van der Waals surface area contributed by atoms with Crippen LogP contribution in [0.3, 0.4) is 0 Å². The number of amides is 1. The first kappa shape index (κ1) is 18.5. The highest BCUT2D eigenvalue weighted by atomic mass is 19.1. The maximum Gasteiger partial charge on any atom is 0.223 e. The number of likely N-dealkylation sites (tertiary alicyclic amines) is 1. The Hall–Kier alpha value is -2.34. The SMILES string of the molecule is CN(C)Cc1cncc([C@H]2CCCN2C(=O)CCc2ccccc2F)n1. The summed E-state index contributed by atoms with van der Waals surface area (Å²) in [7, 11) is 3.98. The van der Waals surface area contributed by atoms with Gasteiger partial charge in [0.1, 0.15) is 5.82 Å². The lowest BCUT2D eigenvalue weighted by Gasteiger charge is -2.24. The molecule has 0 spiro atoms. The van der Waals surface area contributed by atoms with Crippen molar-refractivity contribution in [3.63, 3.8) is 0 Å². The maximum absolute atomic E-state index is 13.8. The predicted octanol–water partition coefficient (Wildman–Crippen LogP) is 2.97. The third-order valence-electron chi connectivity index (χ3n) is 4.66. The van der Waals surface area contributed by atoms with Crippen LogP contribution in [-0.2, 0) is 17.8 Å². The molecule has 2 heterocycles. The molecular weight excluding hydrogens is 331 g/mol. The van der Waals surface area contributed by atoms with E-state index in [0.717, 1.165) is 37.3 Å². The Labute approximate surface area is 153 Å². The van der Waals surface area contributed by atoms with Gasteiger partial charge in [0.15, 0.2) is 0 Å². The Morgan fingerprint density at radius 3 is 2.88 bits per heavy atom. The highest BCUT2D eigenvalue weighted by molar-refractivity contribution is 5.77. The van der Waals surface area contributed by atoms with Crippen LogP contribution in [0.5, 0.6) is 0 Å². The molecule has 1 aliphatic heterocycles. The van der Waals surface area contributed by atoms with E-state index in [4.69, 9.17) is 4.98 Å². The summed E-state index contributed by atoms with van der Waals surface area (Å²) in [4.78, 5) is 25.7. The highest BCUT2D eigenvalue weighted by Gasteiger charge is 2.31. The van der Waals surface area contributed by atoms with Crippen LogP contribution < -0.4 is 0 Å². The number of rotatable bonds is 6. The van der Waals surface area contributed by atoms with E-state index < -0.39 is 0 Å². The number of benzene rings is 1. The van der Waals surface area contributed by atoms with Crippen molar-refractivity contribution < 1.29 is 9.18 Å². The van der Waals surface area contributed by atoms with Crippen LogP contribution >= 0.6 is 0 Å². The Bertz CT molecular complexity index is 765. The van der Waals surface area contributed by atoms with Gasteiger partial charge in [0.25, 0.3) is 0 Å². The summed E-state index contributed by atoms with van der Waals surface area (Å²) in [6.45, 7) is 1.44. The topological polar surface area (TPSA) is 49.3 Å². The van der Waals surface area contributed by atoms with Crippen LogP contribution in [0.4, 0.5) is 4.39 Å². The summed E-state index contributed by atoms with van der Waals surface area (Å²) >= 11 is 0. The standard InChI is InChI=1S/C20H25FN4O/c1-24(2)14-16-12-22-13-18(23-16)19-8-5-11-25(19)20(26)10-9-15-6-3-4-7-17(15)21/h3-4,6-7,12-13,19H,5,8-11,14H2,1-2H3/t19-/m1/s1. The van der Waals surface area contributed by atoms with Gasteiger partial charge in [-0.2, -0.15) is 0 Å². The predicted molar refractivity (Wildman–Crippen MR) is 97.8 cm³/mol. The normalized spacial score (nSPS) is 17.1. The summed E-state index contributed by atoms with van der Waals surface area (Å²) in [6.07, 6.45) is 6.10. The zero-order valence-electron chi connectivity index (χ0n) is 15.4. The van der Waals surface area contributed by atoms with Gasteiger partial charge < -0.3 is 9.80 Å². The zero-order valence-corrected chi connectivity index (χ0v) is 15.4. The lowest BCUT2D eigenvalue weighted by atomic mass is 10.1. The minimum atomic E-state index is -0.250. The van der Waals surface area contributed by atoms with Crippen molar-refractivity contribution in [2.75, 3.05) is 20.6 Å². The van der Waals surface area contributed by atoms with Gasteiger partial charge in [-0.05, 0) is 45.0 Å². The monoisotopic (exact) mass is 356 g/mol. The van der Waals surface area contributed by atoms with Gasteiger partial charge in [-0.15, -0.1) is 0 Å². The van der Waals surface area contributed by atoms with Crippen LogP contribution in [-0.4, -0.2) is 46.3 Å². The number of carbonyl (C=O) groups is 1. The molecule has 6 heteroatoms. The molecule has 0 unspecified atom stereocenters. The molecule has 138 valence electrons. The largest absolute Gasteiger partial charge is 0.334 e. The summed E-state index contributed by atoms with van der Waals surface area (Å²) in [5.74, 6) is -0.198. The highest BCUT2D eigenvalue weighted by Crippen LogP contribution is 2.31. The Kier molecular flexibility index (Phi) is 5.93. The average molecular weight is 356 g/mol. The summed E-state index contributed by atoms with van der Waals surface area (Å²) in [5.41, 5.74) is 2.34. The van der Waals surface area contributed by atoms with E-state index in [-0.39, 0.29) is 17.8 Å². The molecule has 1 aliphatic rings. The molecule has 0 N–H and O–H groups in total. The molecule has 0 aliphatic carbocycles. The Morgan fingerprint density at radius 1 is 1.31 bits per heavy atom. The number of aromatic nitrogens is 2. The second-order valence-electron chi connectivity index (χ2n) is 7.01. The minimum Gasteiger partial charge on any atom is -0.334 e. The first-order valence-corrected chi connectivity index (χ1v) is 9.03. The molecule has 3 rings (SSSR count). The molecule has 26 heavy (non-hydrogen) atoms. The van der Waals surface area contributed by atoms with Crippen molar-refractivity contribution in [1.29, 1.82) is 0 Å². The number of nitrogens with zero attached hydrogens (tertiary/aromatic N) is 4. The third kappa shape index (κ3) is 4.43. The van der Waals surface area contributed by atoms with Gasteiger partial charge >= 0.3 is 0 Å². The molecule has 1 saturated heterocycles. The summed E-state index contributed by atoms with van der Waals surface area (Å²) < 4.78 is 13.8. The van der Waals surface area contributed by atoms with Crippen LogP contribution in [0.15, 0.2) is 36.7 Å². The number of hydrogen-bond donors (Lipinski definition) is 0. The lowest BCUT2D eigenvalue weighted by molar-refractivity contribution is -0.132. The lowest BCUT2D eigenvalue weighted by Crippen LogP contribution is -2.31. The summed E-state index contributed by atoms with van der Waals surface area (Å²) in [5, 5.41) is 0. The molecular formula is C20H25FN4O. The van der Waals surface area contributed by atoms with E-state index in [0.29, 0.717) is 18.4 Å². The van der Waals surface area contributed by atoms with Gasteiger partial charge in [0.05, 0.1) is 23.6 Å². The number of hydrogen-bond acceptors (Lipinski definition) is 4. The molecule has 1 fully saturated rings. The van der Waals surface area contributed by atoms with Crippen molar-refractivity contribution in [3.8, 4) is 0 Å². The Morgan fingerprint density at radius 2 is 2.12 bits per heavy atom. The first-order valence-electron chi connectivity index (χ1n) is 9.03. The summed E-state index contributed by atoms with van der Waals surface area (Å²) in [6, 6.07) is 6.60. The van der Waals surface area contributed by atoms with E-state index in [9.17, 15) is 9.18 Å². The molecule has 1 aromatic carbocycles. The molecule has 1 atom stereocenters. The zero-order chi connectivity index (χ0) is 18.5. The van der Waals surface area contributed by atoms with Crippen molar-refractivity contribution in [2.45, 2.75) is 38.3 Å². The minimum absolute atomic E-state index is 0.0299. The van der Waals surface area contributed by atoms with Crippen LogP contribution in [0, 0.1) is 5.82 Å². The van der Waals surface area contributed by atoms with E-state index >= 15 is 0 Å². The molecule has 2 aromatic rings. The number of aryl methyl sites for hydroxylation is 1. The van der Waals surface area contributed by atoms with Crippen molar-refractivity contribution in [1.82, 2.24) is 19.8 Å². The average Bonchev–Trinajstić information content (AvgIpc) is 3.10. The second kappa shape index (κ2) is 8.36. The Balaban J connectivity index is 1.68. The van der Waals surface area contributed by atoms with Gasteiger partial charge in [-0.3, -0.25) is 14.8 Å². The molecule has 0 radical (unpaired) electrons. The van der Waals surface area contributed by atoms with Crippen LogP contribution in [0.1, 0.15) is 42.3 Å². The van der Waals surface area contributed by atoms with E-state index in [2.05, 4.69) is 4.98 Å². The van der Waals surface area contributed by atoms with E-state index in [1.54, 1.807) is 30.6 Å². The second-order valence-corrected chi connectivity index (χ2v) is 7.01. The van der Waals surface area contributed by atoms with Crippen molar-refractivity contribution in [2.24, 2.45) is 0 Å². The fourth-order valence-corrected chi connectivity index (χ4v) is 3.44. The fraction of sp³-hybridized carbons (Fsp3) is 0.450. The molecule has 5 nitrogen and oxygen atoms in total. The van der Waals surface area contributed by atoms with E-state index in [1.807, 2.05) is 23.9 Å². The third-order valence-corrected chi connectivity index (χ3v) is 4.66. The van der Waals surface area contributed by atoms with Crippen molar-refractivity contribution in [3.05, 3.63) is 59.4 Å². The first-order chi connectivity index (χ1) is 12.5. The van der Waals surface area contributed by atoms with Gasteiger partial charge in [-0.1, -0.05) is 18.2 Å². The molecule has 0 bridgehead atoms. The van der Waals surface area contributed by atoms with E-state index in [1.165, 1.54) is 6.07 Å². The van der Waals surface area contributed by atoms with Gasteiger partial charge in [0, 0.05) is 25.7 Å². The van der Waals surface area contributed by atoms with Gasteiger partial charge in [0.2, 0.25) is 5.91 Å².